The molecule has 1 aliphatic rings. The minimum atomic E-state index is -1.07. The molecule has 1 heterocycles. The number of nitrogens with one attached hydrogen (secondary N) is 2. The van der Waals surface area contributed by atoms with Crippen molar-refractivity contribution in [2.45, 2.75) is 26.3 Å². The number of benzene rings is 1. The smallest absolute Gasteiger partial charge is 0.326 e. The Kier molecular flexibility index (Phi) is 5.32. The van der Waals surface area contributed by atoms with Gasteiger partial charge in [0.05, 0.1) is 10.7 Å². The van der Waals surface area contributed by atoms with E-state index in [2.05, 4.69) is 10.6 Å². The van der Waals surface area contributed by atoms with E-state index in [9.17, 15) is 19.2 Å². The number of anilines is 1. The molecule has 1 aliphatic heterocycles. The number of ether oxygens (including phenoxy) is 1. The summed E-state index contributed by atoms with van der Waals surface area (Å²) in [6.07, 6.45) is 0. The lowest BCUT2D eigenvalue weighted by Gasteiger charge is -2.15. The van der Waals surface area contributed by atoms with Gasteiger partial charge in [0.25, 0.3) is 11.8 Å². The Bertz CT molecular complexity index is 747. The van der Waals surface area contributed by atoms with Crippen LogP contribution in [-0.2, 0) is 19.1 Å². The Hall–Kier alpha value is -2.61. The van der Waals surface area contributed by atoms with E-state index in [1.807, 2.05) is 6.92 Å². The summed E-state index contributed by atoms with van der Waals surface area (Å²) >= 11 is 6.00. The number of carbonyl (C=O) groups is 4. The number of rotatable bonds is 5. The number of nitrogens with zero attached hydrogens (tertiary/aromatic N) is 1. The number of esters is 1. The third kappa shape index (κ3) is 4.48. The maximum absolute atomic E-state index is 12.0. The van der Waals surface area contributed by atoms with Crippen LogP contribution >= 0.6 is 11.6 Å². The predicted molar refractivity (Wildman–Crippen MR) is 90.1 cm³/mol. The van der Waals surface area contributed by atoms with Gasteiger partial charge in [0.2, 0.25) is 0 Å². The fourth-order valence-electron chi connectivity index (χ4n) is 2.19. The van der Waals surface area contributed by atoms with Crippen molar-refractivity contribution in [2.75, 3.05) is 18.5 Å². The molecule has 4 amide bonds. The fraction of sp³-hybridized carbons (Fsp3) is 0.375. The molecular weight excluding hydrogens is 350 g/mol. The van der Waals surface area contributed by atoms with Gasteiger partial charge in [0.15, 0.2) is 6.61 Å². The van der Waals surface area contributed by atoms with Crippen LogP contribution < -0.4 is 10.6 Å². The van der Waals surface area contributed by atoms with Gasteiger partial charge in [-0.2, -0.15) is 0 Å². The van der Waals surface area contributed by atoms with E-state index in [1.165, 1.54) is 13.8 Å². The summed E-state index contributed by atoms with van der Waals surface area (Å²) in [6, 6.07) is 4.41. The van der Waals surface area contributed by atoms with Crippen LogP contribution in [0.4, 0.5) is 10.5 Å². The van der Waals surface area contributed by atoms with Crippen LogP contribution in [0, 0.1) is 6.92 Å². The van der Waals surface area contributed by atoms with Gasteiger partial charge in [0, 0.05) is 0 Å². The normalized spacial score (nSPS) is 15.8. The molecule has 1 saturated heterocycles. The minimum absolute atomic E-state index is 0.362. The summed E-state index contributed by atoms with van der Waals surface area (Å²) in [5, 5.41) is 5.31. The van der Waals surface area contributed by atoms with Gasteiger partial charge in [-0.05, 0) is 38.5 Å². The van der Waals surface area contributed by atoms with Crippen LogP contribution in [0.2, 0.25) is 5.02 Å². The minimum Gasteiger partial charge on any atom is -0.454 e. The first-order chi connectivity index (χ1) is 11.6. The van der Waals surface area contributed by atoms with E-state index in [1.54, 1.807) is 18.2 Å². The lowest BCUT2D eigenvalue weighted by atomic mass is 10.1. The molecule has 0 saturated carbocycles. The number of imide groups is 1. The van der Waals surface area contributed by atoms with Gasteiger partial charge in [-0.3, -0.25) is 19.3 Å². The Morgan fingerprint density at radius 3 is 2.56 bits per heavy atom. The Morgan fingerprint density at radius 2 is 2.00 bits per heavy atom. The van der Waals surface area contributed by atoms with Crippen LogP contribution in [0.15, 0.2) is 18.2 Å². The molecule has 1 aromatic carbocycles. The van der Waals surface area contributed by atoms with Crippen LogP contribution in [0.3, 0.4) is 0 Å². The highest BCUT2D eigenvalue weighted by Crippen LogP contribution is 2.22. The number of amides is 4. The monoisotopic (exact) mass is 367 g/mol. The van der Waals surface area contributed by atoms with Gasteiger partial charge < -0.3 is 15.4 Å². The molecule has 0 unspecified atom stereocenters. The van der Waals surface area contributed by atoms with Crippen molar-refractivity contribution >= 4 is 41.1 Å². The number of hydrogen-bond donors (Lipinski definition) is 2. The van der Waals surface area contributed by atoms with Crippen molar-refractivity contribution in [3.05, 3.63) is 28.8 Å². The summed E-state index contributed by atoms with van der Waals surface area (Å²) in [5.41, 5.74) is 0.256. The number of aryl methyl sites for hydroxylation is 1. The molecule has 0 spiro atoms. The van der Waals surface area contributed by atoms with E-state index in [-0.39, 0.29) is 0 Å². The van der Waals surface area contributed by atoms with E-state index in [0.29, 0.717) is 10.7 Å². The second kappa shape index (κ2) is 7.10. The number of halogens is 1. The molecule has 2 rings (SSSR count). The predicted octanol–water partition coefficient (Wildman–Crippen LogP) is 1.46. The summed E-state index contributed by atoms with van der Waals surface area (Å²) in [4.78, 5) is 48.0. The molecule has 134 valence electrons. The first-order valence-corrected chi connectivity index (χ1v) is 7.83. The molecule has 0 aliphatic carbocycles. The SMILES string of the molecule is Cc1ccc(NC(=O)COC(=O)CN2C(=O)NC(C)(C)C2=O)c(Cl)c1. The van der Waals surface area contributed by atoms with E-state index in [0.717, 1.165) is 10.5 Å². The second-order valence-electron chi connectivity index (χ2n) is 6.14. The van der Waals surface area contributed by atoms with E-state index in [4.69, 9.17) is 16.3 Å². The van der Waals surface area contributed by atoms with Gasteiger partial charge in [-0.1, -0.05) is 17.7 Å². The highest BCUT2D eigenvalue weighted by Gasteiger charge is 2.45. The van der Waals surface area contributed by atoms with E-state index < -0.39 is 42.5 Å². The summed E-state index contributed by atoms with van der Waals surface area (Å²) in [5.74, 6) is -1.99. The zero-order valence-corrected chi connectivity index (χ0v) is 14.8. The average molecular weight is 368 g/mol. The third-order valence-corrected chi connectivity index (χ3v) is 3.81. The first kappa shape index (κ1) is 18.7. The fourth-order valence-corrected chi connectivity index (χ4v) is 2.47. The molecule has 1 aromatic rings. The maximum Gasteiger partial charge on any atom is 0.326 e. The highest BCUT2D eigenvalue weighted by molar-refractivity contribution is 6.33. The van der Waals surface area contributed by atoms with Gasteiger partial charge in [0.1, 0.15) is 12.1 Å². The summed E-state index contributed by atoms with van der Waals surface area (Å²) in [7, 11) is 0. The molecule has 0 aromatic heterocycles. The van der Waals surface area contributed by atoms with Crippen LogP contribution in [0.1, 0.15) is 19.4 Å². The van der Waals surface area contributed by atoms with Crippen molar-refractivity contribution in [1.29, 1.82) is 0 Å². The molecule has 0 bridgehead atoms. The van der Waals surface area contributed by atoms with Crippen LogP contribution in [0.5, 0.6) is 0 Å². The van der Waals surface area contributed by atoms with Crippen LogP contribution in [-0.4, -0.2) is 47.4 Å². The van der Waals surface area contributed by atoms with Crippen LogP contribution in [0.25, 0.3) is 0 Å². The lowest BCUT2D eigenvalue weighted by molar-refractivity contribution is -0.150. The van der Waals surface area contributed by atoms with Gasteiger partial charge in [-0.25, -0.2) is 4.79 Å². The average Bonchev–Trinajstić information content (AvgIpc) is 2.70. The lowest BCUT2D eigenvalue weighted by Crippen LogP contribution is -2.41. The van der Waals surface area contributed by atoms with Crippen molar-refractivity contribution in [3.63, 3.8) is 0 Å². The molecule has 0 atom stereocenters. The zero-order valence-electron chi connectivity index (χ0n) is 14.0. The van der Waals surface area contributed by atoms with Crippen molar-refractivity contribution in [3.8, 4) is 0 Å². The van der Waals surface area contributed by atoms with Gasteiger partial charge in [-0.15, -0.1) is 0 Å². The van der Waals surface area contributed by atoms with Crippen molar-refractivity contribution < 1.29 is 23.9 Å². The number of urea groups is 1. The molecule has 25 heavy (non-hydrogen) atoms. The Morgan fingerprint density at radius 1 is 1.32 bits per heavy atom. The van der Waals surface area contributed by atoms with Crippen molar-refractivity contribution in [2.24, 2.45) is 0 Å². The topological polar surface area (TPSA) is 105 Å². The number of hydrogen-bond acceptors (Lipinski definition) is 5. The molecule has 1 fully saturated rings. The third-order valence-electron chi connectivity index (χ3n) is 3.49. The highest BCUT2D eigenvalue weighted by atomic mass is 35.5. The molecule has 2 N–H and O–H groups in total. The number of carbonyl (C=O) groups excluding carboxylic acids is 4. The van der Waals surface area contributed by atoms with Crippen molar-refractivity contribution in [1.82, 2.24) is 10.2 Å². The molecule has 9 heteroatoms. The Labute approximate surface area is 149 Å². The second-order valence-corrected chi connectivity index (χ2v) is 6.55. The zero-order chi connectivity index (χ0) is 18.8. The summed E-state index contributed by atoms with van der Waals surface area (Å²) < 4.78 is 4.80. The summed E-state index contributed by atoms with van der Waals surface area (Å²) in [6.45, 7) is 3.79. The first-order valence-electron chi connectivity index (χ1n) is 7.46. The quantitative estimate of drug-likeness (QED) is 0.605. The molecule has 0 radical (unpaired) electrons. The largest absolute Gasteiger partial charge is 0.454 e. The van der Waals surface area contributed by atoms with E-state index >= 15 is 0 Å². The Balaban J connectivity index is 1.85. The standard InChI is InChI=1S/C16H18ClN3O5/c1-9-4-5-11(10(17)6-9)18-12(21)8-25-13(22)7-20-14(23)16(2,3)19-15(20)24/h4-6H,7-8H2,1-3H3,(H,18,21)(H,19,24). The van der Waals surface area contributed by atoms with Gasteiger partial charge >= 0.3 is 12.0 Å². The molecular formula is C16H18ClN3O5. The maximum atomic E-state index is 12.0. The molecule has 8 nitrogen and oxygen atoms in total.